The molecular weight excluding hydrogens is 231 g/mol. The van der Waals surface area contributed by atoms with Crippen molar-refractivity contribution < 1.29 is 0 Å². The lowest BCUT2D eigenvalue weighted by molar-refractivity contribution is 1.11. The molecule has 0 spiro atoms. The van der Waals surface area contributed by atoms with Gasteiger partial charge in [-0.3, -0.25) is 0 Å². The quantitative estimate of drug-likeness (QED) is 0.708. The van der Waals surface area contributed by atoms with Gasteiger partial charge < -0.3 is 0 Å². The number of nitrogens with zero attached hydrogens (tertiary/aromatic N) is 2. The van der Waals surface area contributed by atoms with Crippen molar-refractivity contribution in [2.75, 3.05) is 0 Å². The van der Waals surface area contributed by atoms with Crippen LogP contribution in [0.5, 0.6) is 0 Å². The molecule has 2 nitrogen and oxygen atoms in total. The molecule has 4 heteroatoms. The van der Waals surface area contributed by atoms with Gasteiger partial charge in [-0.1, -0.05) is 23.7 Å². The number of rotatable bonds is 1. The Morgan fingerprint density at radius 1 is 1.00 bits per heavy atom. The second-order valence-corrected chi connectivity index (χ2v) is 3.94. The first-order valence-corrected chi connectivity index (χ1v) is 5.18. The molecule has 0 amide bonds. The highest BCUT2D eigenvalue weighted by Gasteiger charge is 2.02. The molecule has 0 bridgehead atoms. The minimum atomic E-state index is 0.264. The van der Waals surface area contributed by atoms with Gasteiger partial charge in [-0.2, -0.15) is 0 Å². The van der Waals surface area contributed by atoms with Crippen molar-refractivity contribution >= 4 is 23.2 Å². The highest BCUT2D eigenvalue weighted by atomic mass is 35.5. The van der Waals surface area contributed by atoms with Gasteiger partial charge in [0.05, 0.1) is 5.69 Å². The summed E-state index contributed by atoms with van der Waals surface area (Å²) in [5, 5.41) is 0.968. The van der Waals surface area contributed by atoms with Crippen LogP contribution in [-0.2, 0) is 0 Å². The highest BCUT2D eigenvalue weighted by molar-refractivity contribution is 6.30. The Hall–Kier alpha value is -1.12. The van der Waals surface area contributed by atoms with Crippen molar-refractivity contribution in [3.63, 3.8) is 0 Å². The van der Waals surface area contributed by atoms with Gasteiger partial charge in [-0.25, -0.2) is 9.97 Å². The fourth-order valence-corrected chi connectivity index (χ4v) is 1.65. The number of hydrogen-bond acceptors (Lipinski definition) is 2. The minimum Gasteiger partial charge on any atom is -0.223 e. The van der Waals surface area contributed by atoms with Crippen LogP contribution in [0.2, 0.25) is 10.3 Å². The van der Waals surface area contributed by atoms with E-state index in [1.165, 1.54) is 0 Å². The molecule has 1 heterocycles. The fraction of sp³-hybridized carbons (Fsp3) is 0.0909. The third-order valence-corrected chi connectivity index (χ3v) is 2.39. The smallest absolute Gasteiger partial charge is 0.223 e. The van der Waals surface area contributed by atoms with Gasteiger partial charge in [0.2, 0.25) is 5.28 Å². The van der Waals surface area contributed by atoms with Crippen LogP contribution in [0.1, 0.15) is 5.69 Å². The lowest BCUT2D eigenvalue weighted by Gasteiger charge is -2.02. The maximum absolute atomic E-state index is 5.80. The fourth-order valence-electron chi connectivity index (χ4n) is 1.30. The first-order valence-electron chi connectivity index (χ1n) is 4.42. The Balaban J connectivity index is 2.49. The van der Waals surface area contributed by atoms with E-state index in [1.54, 1.807) is 0 Å². The zero-order valence-electron chi connectivity index (χ0n) is 8.04. The van der Waals surface area contributed by atoms with Crippen molar-refractivity contribution in [3.8, 4) is 11.3 Å². The van der Waals surface area contributed by atoms with E-state index in [0.29, 0.717) is 5.02 Å². The summed E-state index contributed by atoms with van der Waals surface area (Å²) in [6.07, 6.45) is 0. The van der Waals surface area contributed by atoms with Crippen LogP contribution in [0.15, 0.2) is 30.3 Å². The molecule has 0 unspecified atom stereocenters. The zero-order chi connectivity index (χ0) is 10.8. The molecule has 15 heavy (non-hydrogen) atoms. The lowest BCUT2D eigenvalue weighted by atomic mass is 10.1. The monoisotopic (exact) mass is 238 g/mol. The standard InChI is InChI=1S/C11H8Cl2N2/c1-7-6-10(15-11(13)14-7)8-2-4-9(12)5-3-8/h2-6H,1H3. The van der Waals surface area contributed by atoms with Gasteiger partial charge in [0, 0.05) is 16.3 Å². The summed E-state index contributed by atoms with van der Waals surface area (Å²) >= 11 is 11.6. The molecule has 0 saturated carbocycles. The molecule has 0 aliphatic heterocycles. The van der Waals surface area contributed by atoms with Crippen LogP contribution in [-0.4, -0.2) is 9.97 Å². The summed E-state index contributed by atoms with van der Waals surface area (Å²) in [6, 6.07) is 9.33. The van der Waals surface area contributed by atoms with Gasteiger partial charge in [0.15, 0.2) is 0 Å². The van der Waals surface area contributed by atoms with Crippen LogP contribution in [0.25, 0.3) is 11.3 Å². The maximum atomic E-state index is 5.80. The second-order valence-electron chi connectivity index (χ2n) is 3.17. The van der Waals surface area contributed by atoms with E-state index in [2.05, 4.69) is 9.97 Å². The molecule has 0 aliphatic rings. The molecule has 1 aromatic heterocycles. The van der Waals surface area contributed by atoms with E-state index in [4.69, 9.17) is 23.2 Å². The Bertz CT molecular complexity index is 460. The Kier molecular flexibility index (Phi) is 2.89. The largest absolute Gasteiger partial charge is 0.223 e. The number of aryl methyl sites for hydroxylation is 1. The van der Waals surface area contributed by atoms with Crippen molar-refractivity contribution in [1.82, 2.24) is 9.97 Å². The molecule has 0 aliphatic carbocycles. The van der Waals surface area contributed by atoms with Crippen LogP contribution in [0, 0.1) is 6.92 Å². The van der Waals surface area contributed by atoms with Gasteiger partial charge in [0.1, 0.15) is 0 Å². The van der Waals surface area contributed by atoms with Gasteiger partial charge in [-0.05, 0) is 36.7 Å². The summed E-state index contributed by atoms with van der Waals surface area (Å²) in [5.74, 6) is 0. The van der Waals surface area contributed by atoms with E-state index in [0.717, 1.165) is 17.0 Å². The number of aromatic nitrogens is 2. The molecule has 76 valence electrons. The van der Waals surface area contributed by atoms with Crippen LogP contribution in [0.4, 0.5) is 0 Å². The molecule has 0 atom stereocenters. The average Bonchev–Trinajstić information content (AvgIpc) is 2.17. The van der Waals surface area contributed by atoms with Crippen LogP contribution >= 0.6 is 23.2 Å². The predicted molar refractivity (Wildman–Crippen MR) is 62.2 cm³/mol. The van der Waals surface area contributed by atoms with Crippen molar-refractivity contribution in [2.24, 2.45) is 0 Å². The van der Waals surface area contributed by atoms with E-state index in [9.17, 15) is 0 Å². The molecular formula is C11H8Cl2N2. The van der Waals surface area contributed by atoms with Gasteiger partial charge in [-0.15, -0.1) is 0 Å². The summed E-state index contributed by atoms with van der Waals surface area (Å²) in [4.78, 5) is 8.15. The Morgan fingerprint density at radius 2 is 1.67 bits per heavy atom. The van der Waals surface area contributed by atoms with Crippen molar-refractivity contribution in [3.05, 3.63) is 46.3 Å². The molecule has 2 aromatic rings. The summed E-state index contributed by atoms with van der Waals surface area (Å²) in [5.41, 5.74) is 2.64. The number of benzene rings is 1. The molecule has 0 N–H and O–H groups in total. The average molecular weight is 239 g/mol. The molecule has 2 rings (SSSR count). The minimum absolute atomic E-state index is 0.264. The van der Waals surface area contributed by atoms with Crippen molar-refractivity contribution in [1.29, 1.82) is 0 Å². The third-order valence-electron chi connectivity index (χ3n) is 1.97. The SMILES string of the molecule is Cc1cc(-c2ccc(Cl)cc2)nc(Cl)n1. The lowest BCUT2D eigenvalue weighted by Crippen LogP contribution is -1.90. The van der Waals surface area contributed by atoms with E-state index >= 15 is 0 Å². The Morgan fingerprint density at radius 3 is 2.27 bits per heavy atom. The number of hydrogen-bond donors (Lipinski definition) is 0. The highest BCUT2D eigenvalue weighted by Crippen LogP contribution is 2.21. The van der Waals surface area contributed by atoms with Crippen LogP contribution in [0.3, 0.4) is 0 Å². The molecule has 0 radical (unpaired) electrons. The number of halogens is 2. The normalized spacial score (nSPS) is 10.3. The Labute approximate surface area is 97.9 Å². The predicted octanol–water partition coefficient (Wildman–Crippen LogP) is 3.76. The summed E-state index contributed by atoms with van der Waals surface area (Å²) in [6.45, 7) is 1.88. The van der Waals surface area contributed by atoms with Gasteiger partial charge >= 0.3 is 0 Å². The molecule has 1 aromatic carbocycles. The van der Waals surface area contributed by atoms with E-state index in [1.807, 2.05) is 37.3 Å². The third kappa shape index (κ3) is 2.46. The zero-order valence-corrected chi connectivity index (χ0v) is 9.55. The summed E-state index contributed by atoms with van der Waals surface area (Å²) in [7, 11) is 0. The maximum Gasteiger partial charge on any atom is 0.223 e. The summed E-state index contributed by atoms with van der Waals surface area (Å²) < 4.78 is 0. The first-order chi connectivity index (χ1) is 7.15. The van der Waals surface area contributed by atoms with Gasteiger partial charge in [0.25, 0.3) is 0 Å². The second kappa shape index (κ2) is 4.17. The van der Waals surface area contributed by atoms with Crippen LogP contribution < -0.4 is 0 Å². The van der Waals surface area contributed by atoms with E-state index in [-0.39, 0.29) is 5.28 Å². The van der Waals surface area contributed by atoms with E-state index < -0.39 is 0 Å². The topological polar surface area (TPSA) is 25.8 Å². The molecule has 0 saturated heterocycles. The first kappa shape index (κ1) is 10.4. The van der Waals surface area contributed by atoms with Crippen molar-refractivity contribution in [2.45, 2.75) is 6.92 Å². The molecule has 0 fully saturated rings.